The van der Waals surface area contributed by atoms with Crippen LogP contribution in [-0.4, -0.2) is 43.7 Å². The van der Waals surface area contributed by atoms with Gasteiger partial charge in [0.15, 0.2) is 0 Å². The van der Waals surface area contributed by atoms with E-state index in [1.54, 1.807) is 48.3 Å². The second kappa shape index (κ2) is 11.6. The summed E-state index contributed by atoms with van der Waals surface area (Å²) < 4.78 is 36.8. The van der Waals surface area contributed by atoms with Crippen LogP contribution in [0.25, 0.3) is 11.1 Å². The maximum atomic E-state index is 14.1. The Morgan fingerprint density at radius 2 is 1.77 bits per heavy atom. The summed E-state index contributed by atoms with van der Waals surface area (Å²) in [5.74, 6) is 0.0353. The Bertz CT molecular complexity index is 1720. The van der Waals surface area contributed by atoms with Gasteiger partial charge < -0.3 is 29.2 Å². The number of likely N-dealkylation sites (N-methyl/N-ethyl adjacent to an activating group) is 1. The van der Waals surface area contributed by atoms with E-state index in [4.69, 9.17) is 18.9 Å². The average molecular weight is 586 g/mol. The molecule has 0 fully saturated rings. The lowest BCUT2D eigenvalue weighted by atomic mass is 9.91. The van der Waals surface area contributed by atoms with Crippen LogP contribution in [0.3, 0.4) is 0 Å². The van der Waals surface area contributed by atoms with Crippen molar-refractivity contribution in [1.29, 1.82) is 0 Å². The number of pyridine rings is 1. The number of aromatic nitrogens is 1. The van der Waals surface area contributed by atoms with E-state index in [0.717, 1.165) is 16.8 Å². The zero-order chi connectivity index (χ0) is 30.9. The zero-order valence-corrected chi connectivity index (χ0v) is 24.8. The molecule has 0 spiro atoms. The number of halogens is 1. The van der Waals surface area contributed by atoms with Gasteiger partial charge in [0.2, 0.25) is 5.88 Å². The summed E-state index contributed by atoms with van der Waals surface area (Å²) in [6.45, 7) is 5.50. The third-order valence-electron chi connectivity index (χ3n) is 7.28. The number of methoxy groups -OCH3 is 2. The number of amides is 1. The number of carbonyl (C=O) groups excluding carboxylic acids is 2. The molecule has 0 aliphatic carbocycles. The second-order valence-electron chi connectivity index (χ2n) is 10.6. The standard InChI is InChI=1S/C33H32FN3O6/c1-19-9-10-20(34)16-27(19)42-18-25-22(13-14-26-29(25)37(4)32(39)33(2,3)36-26)23-12-11-21(17-28(23)40-5)43-31(38)24-8-7-15-35-30(24)41-6/h7-17,36H,18H2,1-6H3. The van der Waals surface area contributed by atoms with Crippen molar-refractivity contribution in [2.75, 3.05) is 31.5 Å². The minimum atomic E-state index is -0.819. The minimum absolute atomic E-state index is 0.0310. The molecule has 0 atom stereocenters. The molecule has 2 heterocycles. The summed E-state index contributed by atoms with van der Waals surface area (Å²) in [5, 5.41) is 3.33. The molecule has 1 aromatic heterocycles. The normalized spacial score (nSPS) is 13.6. The third kappa shape index (κ3) is 5.68. The molecule has 3 aromatic carbocycles. The van der Waals surface area contributed by atoms with Crippen molar-refractivity contribution in [2.45, 2.75) is 32.9 Å². The molecule has 10 heteroatoms. The number of esters is 1. The molecule has 9 nitrogen and oxygen atoms in total. The van der Waals surface area contributed by atoms with Crippen LogP contribution in [0.5, 0.6) is 23.1 Å². The van der Waals surface area contributed by atoms with Crippen molar-refractivity contribution in [3.8, 4) is 34.3 Å². The fourth-order valence-electron chi connectivity index (χ4n) is 5.14. The van der Waals surface area contributed by atoms with E-state index in [1.165, 1.54) is 32.5 Å². The number of benzene rings is 3. The van der Waals surface area contributed by atoms with Crippen molar-refractivity contribution in [2.24, 2.45) is 0 Å². The number of aryl methyl sites for hydroxylation is 1. The molecule has 1 amide bonds. The van der Waals surface area contributed by atoms with Crippen molar-refractivity contribution < 1.29 is 32.9 Å². The fraction of sp³-hybridized carbons (Fsp3) is 0.242. The number of fused-ring (bicyclic) bond motifs is 1. The van der Waals surface area contributed by atoms with Crippen molar-refractivity contribution in [1.82, 2.24) is 4.98 Å². The fourth-order valence-corrected chi connectivity index (χ4v) is 5.14. The molecule has 0 radical (unpaired) electrons. The highest BCUT2D eigenvalue weighted by molar-refractivity contribution is 6.08. The monoisotopic (exact) mass is 585 g/mol. The number of hydrogen-bond donors (Lipinski definition) is 1. The molecule has 1 aliphatic heterocycles. The van der Waals surface area contributed by atoms with Gasteiger partial charge >= 0.3 is 5.97 Å². The van der Waals surface area contributed by atoms with Crippen LogP contribution in [0.2, 0.25) is 0 Å². The Morgan fingerprint density at radius 1 is 1.00 bits per heavy atom. The number of hydrogen-bond acceptors (Lipinski definition) is 8. The second-order valence-corrected chi connectivity index (χ2v) is 10.6. The molecule has 4 aromatic rings. The van der Waals surface area contributed by atoms with E-state index in [1.807, 2.05) is 32.9 Å². The lowest BCUT2D eigenvalue weighted by Crippen LogP contribution is -2.52. The van der Waals surface area contributed by atoms with Gasteiger partial charge in [-0.15, -0.1) is 0 Å². The summed E-state index contributed by atoms with van der Waals surface area (Å²) in [6, 6.07) is 16.4. The first-order valence-electron chi connectivity index (χ1n) is 13.5. The number of nitrogens with one attached hydrogen (secondary N) is 1. The summed E-state index contributed by atoms with van der Waals surface area (Å²) in [6.07, 6.45) is 1.52. The predicted molar refractivity (Wildman–Crippen MR) is 161 cm³/mol. The van der Waals surface area contributed by atoms with Crippen LogP contribution < -0.4 is 29.2 Å². The minimum Gasteiger partial charge on any atom is -0.496 e. The van der Waals surface area contributed by atoms with E-state index >= 15 is 0 Å². The third-order valence-corrected chi connectivity index (χ3v) is 7.28. The Balaban J connectivity index is 1.57. The van der Waals surface area contributed by atoms with Crippen LogP contribution in [-0.2, 0) is 11.4 Å². The van der Waals surface area contributed by atoms with E-state index < -0.39 is 17.3 Å². The summed E-state index contributed by atoms with van der Waals surface area (Å²) in [4.78, 5) is 31.8. The Labute approximate surface area is 249 Å². The smallest absolute Gasteiger partial charge is 0.349 e. The van der Waals surface area contributed by atoms with Gasteiger partial charge in [-0.25, -0.2) is 14.2 Å². The van der Waals surface area contributed by atoms with E-state index in [9.17, 15) is 14.0 Å². The van der Waals surface area contributed by atoms with Crippen LogP contribution in [0.15, 0.2) is 66.9 Å². The SMILES string of the molecule is COc1cc(OC(=O)c2cccnc2OC)ccc1-c1ccc2c(c1COc1cc(F)ccc1C)N(C)C(=O)C(C)(C)N2. The highest BCUT2D eigenvalue weighted by atomic mass is 19.1. The quantitative estimate of drug-likeness (QED) is 0.193. The summed E-state index contributed by atoms with van der Waals surface area (Å²) in [5.41, 5.74) is 3.59. The lowest BCUT2D eigenvalue weighted by molar-refractivity contribution is -0.121. The molecule has 5 rings (SSSR count). The number of carbonyl (C=O) groups is 2. The maximum Gasteiger partial charge on any atom is 0.349 e. The average Bonchev–Trinajstić information content (AvgIpc) is 3.00. The number of rotatable bonds is 8. The van der Waals surface area contributed by atoms with Gasteiger partial charge in [-0.05, 0) is 68.3 Å². The van der Waals surface area contributed by atoms with Crippen LogP contribution in [0.4, 0.5) is 15.8 Å². The zero-order valence-electron chi connectivity index (χ0n) is 24.8. The number of nitrogens with zero attached hydrogens (tertiary/aromatic N) is 2. The first-order chi connectivity index (χ1) is 20.5. The Morgan fingerprint density at radius 3 is 2.51 bits per heavy atom. The molecular formula is C33H32FN3O6. The van der Waals surface area contributed by atoms with Gasteiger partial charge in [0.05, 0.1) is 25.6 Å². The van der Waals surface area contributed by atoms with Crippen molar-refractivity contribution in [3.05, 3.63) is 89.4 Å². The number of ether oxygens (including phenoxy) is 4. The Hall–Kier alpha value is -5.12. The first-order valence-corrected chi connectivity index (χ1v) is 13.5. The van der Waals surface area contributed by atoms with Gasteiger partial charge in [-0.2, -0.15) is 0 Å². The molecular weight excluding hydrogens is 553 g/mol. The Kier molecular flexibility index (Phi) is 7.95. The lowest BCUT2D eigenvalue weighted by Gasteiger charge is -2.39. The van der Waals surface area contributed by atoms with Crippen LogP contribution >= 0.6 is 0 Å². The molecule has 0 unspecified atom stereocenters. The topological polar surface area (TPSA) is 99.2 Å². The van der Waals surface area contributed by atoms with E-state index in [0.29, 0.717) is 28.3 Å². The highest BCUT2D eigenvalue weighted by Gasteiger charge is 2.38. The summed E-state index contributed by atoms with van der Waals surface area (Å²) in [7, 11) is 4.66. The number of anilines is 2. The largest absolute Gasteiger partial charge is 0.496 e. The van der Waals surface area contributed by atoms with Gasteiger partial charge in [0, 0.05) is 36.5 Å². The predicted octanol–water partition coefficient (Wildman–Crippen LogP) is 6.18. The van der Waals surface area contributed by atoms with Gasteiger partial charge in [-0.1, -0.05) is 12.1 Å². The van der Waals surface area contributed by atoms with Crippen molar-refractivity contribution >= 4 is 23.3 Å². The maximum absolute atomic E-state index is 14.1. The first kappa shape index (κ1) is 29.4. The summed E-state index contributed by atoms with van der Waals surface area (Å²) >= 11 is 0. The van der Waals surface area contributed by atoms with Crippen LogP contribution in [0, 0.1) is 12.7 Å². The molecule has 0 bridgehead atoms. The molecule has 222 valence electrons. The van der Waals surface area contributed by atoms with E-state index in [2.05, 4.69) is 10.3 Å². The molecule has 0 saturated carbocycles. The van der Waals surface area contributed by atoms with Crippen molar-refractivity contribution in [3.63, 3.8) is 0 Å². The van der Waals surface area contributed by atoms with E-state index in [-0.39, 0.29) is 29.7 Å². The van der Waals surface area contributed by atoms with Gasteiger partial charge in [0.25, 0.3) is 5.91 Å². The molecule has 0 saturated heterocycles. The van der Waals surface area contributed by atoms with Crippen LogP contribution in [0.1, 0.15) is 35.3 Å². The van der Waals surface area contributed by atoms with Gasteiger partial charge in [0.1, 0.15) is 40.8 Å². The highest BCUT2D eigenvalue weighted by Crippen LogP contribution is 2.45. The van der Waals surface area contributed by atoms with Gasteiger partial charge in [-0.3, -0.25) is 4.79 Å². The molecule has 1 aliphatic rings. The molecule has 43 heavy (non-hydrogen) atoms. The molecule has 1 N–H and O–H groups in total.